The first-order chi connectivity index (χ1) is 9.67. The van der Waals surface area contributed by atoms with E-state index in [-0.39, 0.29) is 0 Å². The van der Waals surface area contributed by atoms with Crippen LogP contribution in [0.15, 0.2) is 42.6 Å². The molecule has 1 aromatic carbocycles. The third kappa shape index (κ3) is 4.25. The molecule has 0 radical (unpaired) electrons. The van der Waals surface area contributed by atoms with E-state index >= 15 is 0 Å². The molecule has 0 saturated carbocycles. The van der Waals surface area contributed by atoms with Crippen LogP contribution in [0.5, 0.6) is 0 Å². The van der Waals surface area contributed by atoms with Crippen molar-refractivity contribution in [3.05, 3.63) is 64.4 Å². The Balaban J connectivity index is 1.91. The quantitative estimate of drug-likeness (QED) is 0.479. The standard InChI is InChI=1S/C16H16ClN3/c1-13-2-4-14(5-3-13)8-9-20(12-18)11-15-6-7-16(17)19-10-15/h2-7,10H,8-9,11H2,1H3. The summed E-state index contributed by atoms with van der Waals surface area (Å²) in [5.74, 6) is 0. The lowest BCUT2D eigenvalue weighted by Gasteiger charge is -2.15. The average Bonchev–Trinajstić information content (AvgIpc) is 2.47. The van der Waals surface area contributed by atoms with E-state index in [0.717, 1.165) is 12.0 Å². The van der Waals surface area contributed by atoms with Crippen LogP contribution in [0.3, 0.4) is 0 Å². The molecule has 1 aromatic heterocycles. The summed E-state index contributed by atoms with van der Waals surface area (Å²) in [6.45, 7) is 3.33. The van der Waals surface area contributed by atoms with E-state index in [0.29, 0.717) is 18.2 Å². The Morgan fingerprint density at radius 1 is 1.15 bits per heavy atom. The van der Waals surface area contributed by atoms with Crippen LogP contribution in [0.4, 0.5) is 0 Å². The largest absolute Gasteiger partial charge is 0.306 e. The van der Waals surface area contributed by atoms with Crippen molar-refractivity contribution >= 4 is 11.6 Å². The first-order valence-corrected chi connectivity index (χ1v) is 6.86. The topological polar surface area (TPSA) is 39.9 Å². The fourth-order valence-corrected chi connectivity index (χ4v) is 2.02. The molecule has 0 aliphatic carbocycles. The maximum absolute atomic E-state index is 9.19. The number of nitrogens with zero attached hydrogens (tertiary/aromatic N) is 3. The van der Waals surface area contributed by atoms with Gasteiger partial charge in [0.05, 0.1) is 6.54 Å². The number of halogens is 1. The first kappa shape index (κ1) is 14.4. The molecular weight excluding hydrogens is 270 g/mol. The Morgan fingerprint density at radius 2 is 1.85 bits per heavy atom. The molecule has 0 amide bonds. The highest BCUT2D eigenvalue weighted by Gasteiger charge is 2.04. The zero-order valence-electron chi connectivity index (χ0n) is 11.4. The van der Waals surface area contributed by atoms with Crippen LogP contribution in [0.25, 0.3) is 0 Å². The minimum Gasteiger partial charge on any atom is -0.306 e. The van der Waals surface area contributed by atoms with Crippen molar-refractivity contribution in [2.75, 3.05) is 6.54 Å². The van der Waals surface area contributed by atoms with Gasteiger partial charge in [-0.3, -0.25) is 0 Å². The molecule has 102 valence electrons. The van der Waals surface area contributed by atoms with Crippen LogP contribution in [-0.2, 0) is 13.0 Å². The third-order valence-corrected chi connectivity index (χ3v) is 3.32. The summed E-state index contributed by atoms with van der Waals surface area (Å²) in [7, 11) is 0. The Kier molecular flexibility index (Phi) is 4.97. The van der Waals surface area contributed by atoms with Crippen molar-refractivity contribution < 1.29 is 0 Å². The lowest BCUT2D eigenvalue weighted by molar-refractivity contribution is 0.389. The van der Waals surface area contributed by atoms with Crippen molar-refractivity contribution in [1.29, 1.82) is 5.26 Å². The van der Waals surface area contributed by atoms with Crippen molar-refractivity contribution in [3.63, 3.8) is 0 Å². The summed E-state index contributed by atoms with van der Waals surface area (Å²) in [5, 5.41) is 9.66. The molecule has 0 saturated heterocycles. The fraction of sp³-hybridized carbons (Fsp3) is 0.250. The van der Waals surface area contributed by atoms with Crippen LogP contribution in [-0.4, -0.2) is 16.4 Å². The third-order valence-electron chi connectivity index (χ3n) is 3.09. The fourth-order valence-electron chi connectivity index (χ4n) is 1.90. The van der Waals surface area contributed by atoms with E-state index in [9.17, 15) is 5.26 Å². The average molecular weight is 286 g/mol. The molecule has 20 heavy (non-hydrogen) atoms. The summed E-state index contributed by atoms with van der Waals surface area (Å²) < 4.78 is 0. The Bertz CT molecular complexity index is 585. The molecule has 1 heterocycles. The molecule has 0 spiro atoms. The van der Waals surface area contributed by atoms with Gasteiger partial charge in [0.25, 0.3) is 0 Å². The van der Waals surface area contributed by atoms with Gasteiger partial charge in [-0.2, -0.15) is 5.26 Å². The Morgan fingerprint density at radius 3 is 2.45 bits per heavy atom. The van der Waals surface area contributed by atoms with Gasteiger partial charge in [0.1, 0.15) is 5.15 Å². The second-order valence-electron chi connectivity index (χ2n) is 4.75. The second-order valence-corrected chi connectivity index (χ2v) is 5.13. The Hall–Kier alpha value is -2.05. The number of rotatable bonds is 5. The molecule has 4 heteroatoms. The molecule has 0 bridgehead atoms. The number of benzene rings is 1. The molecule has 0 atom stereocenters. The zero-order chi connectivity index (χ0) is 14.4. The van der Waals surface area contributed by atoms with Crippen molar-refractivity contribution in [2.24, 2.45) is 0 Å². The van der Waals surface area contributed by atoms with Gasteiger partial charge >= 0.3 is 0 Å². The van der Waals surface area contributed by atoms with E-state index in [2.05, 4.69) is 42.4 Å². The molecular formula is C16H16ClN3. The van der Waals surface area contributed by atoms with Crippen molar-refractivity contribution in [3.8, 4) is 6.19 Å². The van der Waals surface area contributed by atoms with Gasteiger partial charge < -0.3 is 4.90 Å². The van der Waals surface area contributed by atoms with Gasteiger partial charge in [0.2, 0.25) is 0 Å². The van der Waals surface area contributed by atoms with Crippen LogP contribution >= 0.6 is 11.6 Å². The van der Waals surface area contributed by atoms with Gasteiger partial charge in [-0.15, -0.1) is 0 Å². The normalized spacial score (nSPS) is 10.1. The second kappa shape index (κ2) is 6.93. The van der Waals surface area contributed by atoms with E-state index in [1.54, 1.807) is 17.2 Å². The summed E-state index contributed by atoms with van der Waals surface area (Å²) in [5.41, 5.74) is 3.48. The highest BCUT2D eigenvalue weighted by molar-refractivity contribution is 6.29. The summed E-state index contributed by atoms with van der Waals surface area (Å²) in [4.78, 5) is 5.75. The van der Waals surface area contributed by atoms with Crippen molar-refractivity contribution in [2.45, 2.75) is 19.9 Å². The van der Waals surface area contributed by atoms with E-state index < -0.39 is 0 Å². The van der Waals surface area contributed by atoms with Gasteiger partial charge in [-0.1, -0.05) is 47.5 Å². The predicted molar refractivity (Wildman–Crippen MR) is 80.2 cm³/mol. The van der Waals surface area contributed by atoms with Crippen LogP contribution < -0.4 is 0 Å². The number of pyridine rings is 1. The maximum atomic E-state index is 9.19. The smallest absolute Gasteiger partial charge is 0.179 e. The number of aromatic nitrogens is 1. The van der Waals surface area contributed by atoms with Gasteiger partial charge in [-0.05, 0) is 30.5 Å². The maximum Gasteiger partial charge on any atom is 0.179 e. The molecule has 2 aromatic rings. The number of hydrogen-bond acceptors (Lipinski definition) is 3. The van der Waals surface area contributed by atoms with Crippen LogP contribution in [0.1, 0.15) is 16.7 Å². The summed E-state index contributed by atoms with van der Waals surface area (Å²) in [6, 6.07) is 12.0. The molecule has 0 aliphatic heterocycles. The molecule has 0 unspecified atom stereocenters. The predicted octanol–water partition coefficient (Wildman–Crippen LogP) is 3.57. The molecule has 2 rings (SSSR count). The zero-order valence-corrected chi connectivity index (χ0v) is 12.1. The number of aryl methyl sites for hydroxylation is 1. The molecule has 0 fully saturated rings. The minimum atomic E-state index is 0.469. The molecule has 0 N–H and O–H groups in total. The van der Waals surface area contributed by atoms with Crippen LogP contribution in [0, 0.1) is 18.4 Å². The lowest BCUT2D eigenvalue weighted by atomic mass is 10.1. The van der Waals surface area contributed by atoms with E-state index in [1.165, 1.54) is 11.1 Å². The monoisotopic (exact) mass is 285 g/mol. The number of nitriles is 1. The van der Waals surface area contributed by atoms with Crippen LogP contribution in [0.2, 0.25) is 5.15 Å². The highest BCUT2D eigenvalue weighted by atomic mass is 35.5. The van der Waals surface area contributed by atoms with Gasteiger partial charge in [0, 0.05) is 12.7 Å². The minimum absolute atomic E-state index is 0.469. The highest BCUT2D eigenvalue weighted by Crippen LogP contribution is 2.09. The van der Waals surface area contributed by atoms with Gasteiger partial charge in [0.15, 0.2) is 6.19 Å². The summed E-state index contributed by atoms with van der Waals surface area (Å²) in [6.07, 6.45) is 4.78. The molecule has 0 aliphatic rings. The Labute approximate surface area is 124 Å². The van der Waals surface area contributed by atoms with E-state index in [4.69, 9.17) is 11.6 Å². The SMILES string of the molecule is Cc1ccc(CCN(C#N)Cc2ccc(Cl)nc2)cc1. The number of hydrogen-bond donors (Lipinski definition) is 0. The van der Waals surface area contributed by atoms with E-state index in [1.807, 2.05) is 6.07 Å². The lowest BCUT2D eigenvalue weighted by Crippen LogP contribution is -2.20. The molecule has 3 nitrogen and oxygen atoms in total. The van der Waals surface area contributed by atoms with Gasteiger partial charge in [-0.25, -0.2) is 4.98 Å². The summed E-state index contributed by atoms with van der Waals surface area (Å²) >= 11 is 5.75. The first-order valence-electron chi connectivity index (χ1n) is 6.48. The van der Waals surface area contributed by atoms with Crippen molar-refractivity contribution in [1.82, 2.24) is 9.88 Å².